The molecule has 0 unspecified atom stereocenters. The first-order valence-electron chi connectivity index (χ1n) is 10.2. The van der Waals surface area contributed by atoms with Crippen LogP contribution in [0.4, 0.5) is 17.1 Å². The number of likely N-dealkylation sites (tertiary alicyclic amines) is 1. The number of carbonyl (C=O) groups is 2. The van der Waals surface area contributed by atoms with E-state index < -0.39 is 16.7 Å². The van der Waals surface area contributed by atoms with Crippen LogP contribution in [0.25, 0.3) is 0 Å². The first-order valence-corrected chi connectivity index (χ1v) is 10.2. The maximum Gasteiger partial charge on any atom is 0.313 e. The number of para-hydroxylation sites is 2. The highest BCUT2D eigenvalue weighted by molar-refractivity contribution is 6.39. The first-order chi connectivity index (χ1) is 14.9. The highest BCUT2D eigenvalue weighted by atomic mass is 16.6. The first kappa shape index (κ1) is 22.2. The van der Waals surface area contributed by atoms with E-state index in [9.17, 15) is 19.7 Å². The molecule has 164 valence electrons. The second-order valence-electron chi connectivity index (χ2n) is 7.68. The van der Waals surface area contributed by atoms with Crippen molar-refractivity contribution >= 4 is 28.9 Å². The average molecular weight is 425 g/mol. The molecule has 1 aliphatic heterocycles. The van der Waals surface area contributed by atoms with E-state index in [0.29, 0.717) is 0 Å². The Morgan fingerprint density at radius 2 is 1.71 bits per heavy atom. The quantitative estimate of drug-likeness (QED) is 0.401. The number of nitrogens with zero attached hydrogens (tertiary/aromatic N) is 3. The molecule has 31 heavy (non-hydrogen) atoms. The van der Waals surface area contributed by atoms with Gasteiger partial charge in [-0.05, 0) is 49.7 Å². The Balaban J connectivity index is 1.67. The number of amides is 2. The number of nitrogens with one attached hydrogen (secondary N) is 2. The monoisotopic (exact) mass is 425 g/mol. The molecule has 0 saturated carbocycles. The van der Waals surface area contributed by atoms with Gasteiger partial charge in [0.15, 0.2) is 0 Å². The molecule has 0 aliphatic carbocycles. The van der Waals surface area contributed by atoms with E-state index >= 15 is 0 Å². The largest absolute Gasteiger partial charge is 0.378 e. The van der Waals surface area contributed by atoms with Crippen LogP contribution in [0.5, 0.6) is 0 Å². The third-order valence-corrected chi connectivity index (χ3v) is 5.39. The fourth-order valence-corrected chi connectivity index (χ4v) is 3.69. The van der Waals surface area contributed by atoms with Crippen LogP contribution in [0.2, 0.25) is 0 Å². The summed E-state index contributed by atoms with van der Waals surface area (Å²) in [5.74, 6) is -1.76. The van der Waals surface area contributed by atoms with Gasteiger partial charge < -0.3 is 15.5 Å². The normalized spacial score (nSPS) is 14.6. The Kier molecular flexibility index (Phi) is 7.19. The molecule has 0 bridgehead atoms. The molecule has 1 aliphatic rings. The van der Waals surface area contributed by atoms with Gasteiger partial charge in [-0.3, -0.25) is 24.6 Å². The van der Waals surface area contributed by atoms with E-state index in [0.717, 1.165) is 37.2 Å². The van der Waals surface area contributed by atoms with Crippen LogP contribution in [0.3, 0.4) is 0 Å². The van der Waals surface area contributed by atoms with Gasteiger partial charge in [0.1, 0.15) is 5.69 Å². The molecule has 0 spiro atoms. The van der Waals surface area contributed by atoms with Gasteiger partial charge in [0, 0.05) is 32.4 Å². The summed E-state index contributed by atoms with van der Waals surface area (Å²) in [6, 6.07) is 13.8. The molecular weight excluding hydrogens is 398 g/mol. The fourth-order valence-electron chi connectivity index (χ4n) is 3.69. The van der Waals surface area contributed by atoms with Gasteiger partial charge in [-0.2, -0.15) is 0 Å². The molecule has 2 aromatic carbocycles. The summed E-state index contributed by atoms with van der Waals surface area (Å²) in [6.45, 7) is 2.13. The van der Waals surface area contributed by atoms with Crippen molar-refractivity contribution in [1.29, 1.82) is 0 Å². The lowest BCUT2D eigenvalue weighted by Crippen LogP contribution is -2.41. The molecule has 9 heteroatoms. The van der Waals surface area contributed by atoms with Crippen molar-refractivity contribution in [3.05, 3.63) is 64.2 Å². The van der Waals surface area contributed by atoms with Crippen molar-refractivity contribution in [2.45, 2.75) is 18.9 Å². The maximum absolute atomic E-state index is 12.4. The van der Waals surface area contributed by atoms with Gasteiger partial charge in [0.2, 0.25) is 0 Å². The Morgan fingerprint density at radius 3 is 2.32 bits per heavy atom. The van der Waals surface area contributed by atoms with Crippen molar-refractivity contribution in [2.75, 3.05) is 43.9 Å². The highest BCUT2D eigenvalue weighted by Crippen LogP contribution is 2.26. The standard InChI is InChI=1S/C22H27N5O4/c1-25(2)17-11-9-16(10-12-17)20(26-13-5-6-14-26)15-23-21(28)22(29)24-18-7-3-4-8-19(18)27(30)31/h3-4,7-12,20H,5-6,13-15H2,1-2H3,(H,23,28)(H,24,29)/t20-/m0/s1. The van der Waals surface area contributed by atoms with Crippen molar-refractivity contribution in [1.82, 2.24) is 10.2 Å². The predicted molar refractivity (Wildman–Crippen MR) is 119 cm³/mol. The minimum absolute atomic E-state index is 0.0111. The fraction of sp³-hybridized carbons (Fsp3) is 0.364. The van der Waals surface area contributed by atoms with E-state index in [4.69, 9.17) is 0 Å². The molecule has 1 atom stereocenters. The summed E-state index contributed by atoms with van der Waals surface area (Å²) in [5, 5.41) is 16.1. The lowest BCUT2D eigenvalue weighted by Gasteiger charge is -2.28. The molecule has 3 rings (SSSR count). The zero-order valence-corrected chi connectivity index (χ0v) is 17.7. The SMILES string of the molecule is CN(C)c1ccc([C@H](CNC(=O)C(=O)Nc2ccccc2[N+](=O)[O-])N2CCCC2)cc1. The second kappa shape index (κ2) is 10.0. The van der Waals surface area contributed by atoms with E-state index in [2.05, 4.69) is 15.5 Å². The molecular formula is C22H27N5O4. The van der Waals surface area contributed by atoms with E-state index in [-0.39, 0.29) is 24.0 Å². The van der Waals surface area contributed by atoms with E-state index in [1.165, 1.54) is 18.2 Å². The van der Waals surface area contributed by atoms with Gasteiger partial charge in [-0.25, -0.2) is 0 Å². The Bertz CT molecular complexity index is 939. The van der Waals surface area contributed by atoms with Crippen LogP contribution in [-0.4, -0.2) is 55.4 Å². The molecule has 0 aromatic heterocycles. The average Bonchev–Trinajstić information content (AvgIpc) is 3.29. The van der Waals surface area contributed by atoms with Crippen molar-refractivity contribution in [2.24, 2.45) is 0 Å². The van der Waals surface area contributed by atoms with Crippen LogP contribution in [0.1, 0.15) is 24.4 Å². The molecule has 2 amide bonds. The van der Waals surface area contributed by atoms with Gasteiger partial charge >= 0.3 is 11.8 Å². The lowest BCUT2D eigenvalue weighted by atomic mass is 10.0. The number of nitro benzene ring substituents is 1. The summed E-state index contributed by atoms with van der Waals surface area (Å²) in [5.41, 5.74) is 1.87. The topological polar surface area (TPSA) is 108 Å². The molecule has 1 saturated heterocycles. The number of hydrogen-bond acceptors (Lipinski definition) is 6. The molecule has 9 nitrogen and oxygen atoms in total. The lowest BCUT2D eigenvalue weighted by molar-refractivity contribution is -0.383. The predicted octanol–water partition coefficient (Wildman–Crippen LogP) is 2.55. The number of nitro groups is 1. The van der Waals surface area contributed by atoms with Gasteiger partial charge in [-0.15, -0.1) is 0 Å². The number of hydrogen-bond donors (Lipinski definition) is 2. The Hall–Kier alpha value is -3.46. The third-order valence-electron chi connectivity index (χ3n) is 5.39. The number of anilines is 2. The number of benzene rings is 2. The van der Waals surface area contributed by atoms with Crippen LogP contribution >= 0.6 is 0 Å². The highest BCUT2D eigenvalue weighted by Gasteiger charge is 2.26. The maximum atomic E-state index is 12.4. The van der Waals surface area contributed by atoms with Crippen LogP contribution in [0, 0.1) is 10.1 Å². The summed E-state index contributed by atoms with van der Waals surface area (Å²) in [7, 11) is 3.95. The summed E-state index contributed by atoms with van der Waals surface area (Å²) >= 11 is 0. The van der Waals surface area contributed by atoms with E-state index in [1.807, 2.05) is 43.3 Å². The van der Waals surface area contributed by atoms with Gasteiger partial charge in [0.25, 0.3) is 5.69 Å². The molecule has 2 aromatic rings. The van der Waals surface area contributed by atoms with E-state index in [1.54, 1.807) is 6.07 Å². The zero-order chi connectivity index (χ0) is 22.4. The molecule has 0 radical (unpaired) electrons. The summed E-state index contributed by atoms with van der Waals surface area (Å²) < 4.78 is 0. The Morgan fingerprint density at radius 1 is 1.06 bits per heavy atom. The van der Waals surface area contributed by atoms with Crippen molar-refractivity contribution in [3.63, 3.8) is 0 Å². The second-order valence-corrected chi connectivity index (χ2v) is 7.68. The Labute approximate surface area is 181 Å². The molecule has 2 N–H and O–H groups in total. The van der Waals surface area contributed by atoms with Crippen LogP contribution < -0.4 is 15.5 Å². The van der Waals surface area contributed by atoms with Crippen molar-refractivity contribution in [3.8, 4) is 0 Å². The molecule has 1 heterocycles. The van der Waals surface area contributed by atoms with Crippen molar-refractivity contribution < 1.29 is 14.5 Å². The van der Waals surface area contributed by atoms with Gasteiger partial charge in [0.05, 0.1) is 11.0 Å². The molecule has 1 fully saturated rings. The smallest absolute Gasteiger partial charge is 0.313 e. The van der Waals surface area contributed by atoms with Crippen LogP contribution in [0.15, 0.2) is 48.5 Å². The van der Waals surface area contributed by atoms with Crippen LogP contribution in [-0.2, 0) is 9.59 Å². The summed E-state index contributed by atoms with van der Waals surface area (Å²) in [4.78, 5) is 39.5. The van der Waals surface area contributed by atoms with Gasteiger partial charge in [-0.1, -0.05) is 24.3 Å². The number of carbonyl (C=O) groups excluding carboxylic acids is 2. The zero-order valence-electron chi connectivity index (χ0n) is 17.7. The minimum atomic E-state index is -0.933. The minimum Gasteiger partial charge on any atom is -0.378 e. The third kappa shape index (κ3) is 5.58. The summed E-state index contributed by atoms with van der Waals surface area (Å²) in [6.07, 6.45) is 2.19. The number of rotatable bonds is 7.